The molecule has 1 aromatic heterocycles. The number of carbonyl (C=O) groups is 1. The minimum Gasteiger partial charge on any atom is -0.493 e. The molecule has 0 saturated carbocycles. The second kappa shape index (κ2) is 7.88. The van der Waals surface area contributed by atoms with Crippen molar-refractivity contribution in [3.63, 3.8) is 0 Å². The number of hydrogen-bond donors (Lipinski definition) is 1. The second-order valence-electron chi connectivity index (χ2n) is 5.39. The fourth-order valence-corrected chi connectivity index (χ4v) is 3.35. The highest BCUT2D eigenvalue weighted by atomic mass is 79.9. The summed E-state index contributed by atoms with van der Waals surface area (Å²) in [7, 11) is 0. The highest BCUT2D eigenvalue weighted by Gasteiger charge is 2.15. The van der Waals surface area contributed by atoms with Crippen LogP contribution in [0.15, 0.2) is 57.2 Å². The Morgan fingerprint density at radius 3 is 2.81 bits per heavy atom. The van der Waals surface area contributed by atoms with Gasteiger partial charge in [-0.3, -0.25) is 4.79 Å². The Balaban J connectivity index is 1.76. The van der Waals surface area contributed by atoms with Crippen molar-refractivity contribution in [3.8, 4) is 11.6 Å². The Hall–Kier alpha value is -2.38. The van der Waals surface area contributed by atoms with Crippen LogP contribution in [0.3, 0.4) is 0 Å². The standard InChI is InChI=1S/C18H15BrClN3O3/c1-2-23-14-6-4-3-5-12(14)17(18(23)25)22-21-16(24)10-26-15-8-7-11(20)9-13(15)19/h3-9,25H,2,10H2,1H3. The molecule has 1 amide bonds. The van der Waals surface area contributed by atoms with Crippen molar-refractivity contribution >= 4 is 50.0 Å². The first-order valence-corrected chi connectivity index (χ1v) is 9.01. The zero-order valence-electron chi connectivity index (χ0n) is 13.8. The molecule has 3 aromatic rings. The zero-order chi connectivity index (χ0) is 18.7. The third kappa shape index (κ3) is 3.73. The lowest BCUT2D eigenvalue weighted by Crippen LogP contribution is -2.08. The molecule has 0 fully saturated rings. The number of halogens is 2. The number of hydrogen-bond acceptors (Lipinski definition) is 4. The molecule has 1 N–H and O–H groups in total. The number of ether oxygens (including phenoxy) is 1. The molecule has 0 bridgehead atoms. The van der Waals surface area contributed by atoms with Crippen molar-refractivity contribution < 1.29 is 14.6 Å². The molecule has 2 aromatic carbocycles. The molecule has 134 valence electrons. The van der Waals surface area contributed by atoms with Crippen LogP contribution in [-0.4, -0.2) is 22.2 Å². The molecule has 0 aliphatic heterocycles. The van der Waals surface area contributed by atoms with Gasteiger partial charge in [-0.1, -0.05) is 29.8 Å². The van der Waals surface area contributed by atoms with Crippen LogP contribution in [-0.2, 0) is 11.3 Å². The van der Waals surface area contributed by atoms with Crippen LogP contribution in [0.5, 0.6) is 11.6 Å². The van der Waals surface area contributed by atoms with Gasteiger partial charge in [0.1, 0.15) is 5.75 Å². The van der Waals surface area contributed by atoms with Crippen LogP contribution in [0.4, 0.5) is 5.69 Å². The lowest BCUT2D eigenvalue weighted by molar-refractivity contribution is -0.120. The van der Waals surface area contributed by atoms with E-state index >= 15 is 0 Å². The number of benzene rings is 2. The van der Waals surface area contributed by atoms with Gasteiger partial charge in [0, 0.05) is 17.0 Å². The van der Waals surface area contributed by atoms with E-state index < -0.39 is 5.91 Å². The number of aromatic nitrogens is 1. The monoisotopic (exact) mass is 435 g/mol. The third-order valence-corrected chi connectivity index (χ3v) is 4.60. The summed E-state index contributed by atoms with van der Waals surface area (Å²) < 4.78 is 7.75. The number of aromatic hydroxyl groups is 1. The van der Waals surface area contributed by atoms with Crippen molar-refractivity contribution in [2.75, 3.05) is 6.61 Å². The topological polar surface area (TPSA) is 76.2 Å². The molecule has 0 radical (unpaired) electrons. The van der Waals surface area contributed by atoms with Crippen LogP contribution in [0, 0.1) is 0 Å². The van der Waals surface area contributed by atoms with E-state index in [0.29, 0.717) is 21.8 Å². The number of rotatable bonds is 5. The van der Waals surface area contributed by atoms with Gasteiger partial charge in [0.15, 0.2) is 12.3 Å². The van der Waals surface area contributed by atoms with Crippen molar-refractivity contribution in [2.24, 2.45) is 10.2 Å². The summed E-state index contributed by atoms with van der Waals surface area (Å²) in [6.07, 6.45) is 0. The van der Waals surface area contributed by atoms with E-state index in [2.05, 4.69) is 26.2 Å². The van der Waals surface area contributed by atoms with Crippen molar-refractivity contribution in [2.45, 2.75) is 13.5 Å². The lowest BCUT2D eigenvalue weighted by atomic mass is 10.2. The number of nitrogens with zero attached hydrogens (tertiary/aromatic N) is 3. The smallest absolute Gasteiger partial charge is 0.302 e. The fourth-order valence-electron chi connectivity index (χ4n) is 2.56. The van der Waals surface area contributed by atoms with E-state index in [4.69, 9.17) is 16.3 Å². The van der Waals surface area contributed by atoms with Gasteiger partial charge in [0.25, 0.3) is 0 Å². The van der Waals surface area contributed by atoms with Gasteiger partial charge in [0.05, 0.1) is 9.99 Å². The van der Waals surface area contributed by atoms with E-state index in [0.717, 1.165) is 10.9 Å². The summed E-state index contributed by atoms with van der Waals surface area (Å²) in [5.41, 5.74) is 1.10. The fraction of sp³-hybridized carbons (Fsp3) is 0.167. The van der Waals surface area contributed by atoms with Gasteiger partial charge in [-0.25, -0.2) is 0 Å². The van der Waals surface area contributed by atoms with Crippen molar-refractivity contribution in [1.82, 2.24) is 4.57 Å². The van der Waals surface area contributed by atoms with Crippen LogP contribution in [0.1, 0.15) is 6.92 Å². The highest BCUT2D eigenvalue weighted by molar-refractivity contribution is 9.10. The molecule has 0 saturated heterocycles. The maximum Gasteiger partial charge on any atom is 0.302 e. The molecule has 0 aliphatic rings. The van der Waals surface area contributed by atoms with Crippen LogP contribution >= 0.6 is 27.5 Å². The molecular formula is C18H15BrClN3O3. The molecular weight excluding hydrogens is 422 g/mol. The van der Waals surface area contributed by atoms with Gasteiger partial charge in [-0.05, 0) is 47.1 Å². The van der Waals surface area contributed by atoms with E-state index in [1.165, 1.54) is 0 Å². The number of azo groups is 1. The Morgan fingerprint density at radius 1 is 1.31 bits per heavy atom. The van der Waals surface area contributed by atoms with E-state index in [1.54, 1.807) is 22.8 Å². The summed E-state index contributed by atoms with van der Waals surface area (Å²) in [5.74, 6) is -0.116. The van der Waals surface area contributed by atoms with E-state index in [-0.39, 0.29) is 18.2 Å². The van der Waals surface area contributed by atoms with Crippen LogP contribution < -0.4 is 4.74 Å². The Morgan fingerprint density at radius 2 is 2.08 bits per heavy atom. The average Bonchev–Trinajstić information content (AvgIpc) is 2.90. The van der Waals surface area contributed by atoms with Gasteiger partial charge >= 0.3 is 5.91 Å². The molecule has 0 unspecified atom stereocenters. The number of amides is 1. The Labute approximate surface area is 163 Å². The Bertz CT molecular complexity index is 1000. The summed E-state index contributed by atoms with van der Waals surface area (Å²) in [6.45, 7) is 2.20. The van der Waals surface area contributed by atoms with Crippen molar-refractivity contribution in [3.05, 3.63) is 52.0 Å². The summed E-state index contributed by atoms with van der Waals surface area (Å²) in [4.78, 5) is 12.0. The van der Waals surface area contributed by atoms with Gasteiger partial charge < -0.3 is 14.4 Å². The molecule has 0 spiro atoms. The first kappa shape index (κ1) is 18.4. The minimum absolute atomic E-state index is 0.0217. The number of para-hydroxylation sites is 1. The molecule has 8 heteroatoms. The molecule has 26 heavy (non-hydrogen) atoms. The zero-order valence-corrected chi connectivity index (χ0v) is 16.2. The number of fused-ring (bicyclic) bond motifs is 1. The number of carbonyl (C=O) groups excluding carboxylic acids is 1. The highest BCUT2D eigenvalue weighted by Crippen LogP contribution is 2.38. The van der Waals surface area contributed by atoms with Crippen LogP contribution in [0.25, 0.3) is 10.9 Å². The van der Waals surface area contributed by atoms with E-state index in [9.17, 15) is 9.90 Å². The summed E-state index contributed by atoms with van der Waals surface area (Å²) in [6, 6.07) is 12.4. The lowest BCUT2D eigenvalue weighted by Gasteiger charge is -2.05. The predicted octanol–water partition coefficient (Wildman–Crippen LogP) is 5.47. The van der Waals surface area contributed by atoms with Gasteiger partial charge in [-0.15, -0.1) is 10.2 Å². The predicted molar refractivity (Wildman–Crippen MR) is 103 cm³/mol. The van der Waals surface area contributed by atoms with Gasteiger partial charge in [-0.2, -0.15) is 0 Å². The van der Waals surface area contributed by atoms with Crippen molar-refractivity contribution in [1.29, 1.82) is 0 Å². The normalized spacial score (nSPS) is 11.3. The maximum atomic E-state index is 12.0. The Kier molecular flexibility index (Phi) is 5.58. The first-order valence-electron chi connectivity index (χ1n) is 7.84. The van der Waals surface area contributed by atoms with Gasteiger partial charge in [0.2, 0.25) is 5.88 Å². The quantitative estimate of drug-likeness (QED) is 0.539. The summed E-state index contributed by atoms with van der Waals surface area (Å²) in [5, 5.41) is 19.2. The number of aryl methyl sites for hydroxylation is 1. The SMILES string of the molecule is CCn1c(O)c(N=NC(=O)COc2ccc(Cl)cc2Br)c2ccccc21. The van der Waals surface area contributed by atoms with Crippen LogP contribution in [0.2, 0.25) is 5.02 Å². The molecule has 0 aliphatic carbocycles. The largest absolute Gasteiger partial charge is 0.493 e. The molecule has 0 atom stereocenters. The molecule has 6 nitrogen and oxygen atoms in total. The first-order chi connectivity index (χ1) is 12.5. The third-order valence-electron chi connectivity index (χ3n) is 3.74. The van der Waals surface area contributed by atoms with E-state index in [1.807, 2.05) is 31.2 Å². The average molecular weight is 437 g/mol. The molecule has 3 rings (SSSR count). The summed E-state index contributed by atoms with van der Waals surface area (Å²) >= 11 is 9.17. The maximum absolute atomic E-state index is 12.0. The molecule has 1 heterocycles. The minimum atomic E-state index is -0.570. The second-order valence-corrected chi connectivity index (χ2v) is 6.68.